The minimum Gasteiger partial charge on any atom is -0.356 e. The molecule has 1 aliphatic heterocycles. The Morgan fingerprint density at radius 3 is 2.94 bits per heavy atom. The second-order valence-corrected chi connectivity index (χ2v) is 5.16. The van der Waals surface area contributed by atoms with Crippen molar-refractivity contribution in [1.29, 1.82) is 5.26 Å². The van der Waals surface area contributed by atoms with Crippen molar-refractivity contribution in [2.45, 2.75) is 33.1 Å². The average Bonchev–Trinajstić information content (AvgIpc) is 2.26. The summed E-state index contributed by atoms with van der Waals surface area (Å²) in [5, 5.41) is 12.0. The molecule has 0 spiro atoms. The van der Waals surface area contributed by atoms with Crippen LogP contribution in [0.2, 0.25) is 0 Å². The molecular formula is C12H22N4. The maximum absolute atomic E-state index is 8.59. The lowest BCUT2D eigenvalue weighted by molar-refractivity contribution is 0.327. The molecule has 1 rings (SSSR count). The molecule has 90 valence electrons. The lowest BCUT2D eigenvalue weighted by atomic mass is 9.88. The van der Waals surface area contributed by atoms with Gasteiger partial charge in [0.15, 0.2) is 5.96 Å². The Bertz CT molecular complexity index is 288. The summed E-state index contributed by atoms with van der Waals surface area (Å²) >= 11 is 0. The molecule has 0 aromatic heterocycles. The molecule has 4 heteroatoms. The van der Waals surface area contributed by atoms with Gasteiger partial charge in [-0.1, -0.05) is 13.8 Å². The quantitative estimate of drug-likeness (QED) is 0.786. The summed E-state index contributed by atoms with van der Waals surface area (Å²) in [4.78, 5) is 6.62. The van der Waals surface area contributed by atoms with E-state index >= 15 is 0 Å². The highest BCUT2D eigenvalue weighted by Crippen LogP contribution is 2.20. The molecule has 0 bridgehead atoms. The van der Waals surface area contributed by atoms with Crippen molar-refractivity contribution < 1.29 is 0 Å². The predicted octanol–water partition coefficient (Wildman–Crippen LogP) is 1.60. The fraction of sp³-hybridized carbons (Fsp3) is 0.833. The van der Waals surface area contributed by atoms with Gasteiger partial charge in [0.1, 0.15) is 0 Å². The van der Waals surface area contributed by atoms with E-state index in [4.69, 9.17) is 5.26 Å². The Morgan fingerprint density at radius 2 is 2.31 bits per heavy atom. The Morgan fingerprint density at radius 1 is 1.56 bits per heavy atom. The molecule has 0 unspecified atom stereocenters. The third-order valence-corrected chi connectivity index (χ3v) is 2.91. The van der Waals surface area contributed by atoms with E-state index in [-0.39, 0.29) is 5.41 Å². The van der Waals surface area contributed by atoms with Crippen LogP contribution in [0.15, 0.2) is 4.99 Å². The van der Waals surface area contributed by atoms with Crippen LogP contribution in [-0.4, -0.2) is 37.5 Å². The van der Waals surface area contributed by atoms with E-state index < -0.39 is 0 Å². The number of nitrogens with one attached hydrogen (secondary N) is 1. The van der Waals surface area contributed by atoms with Gasteiger partial charge in [0, 0.05) is 33.1 Å². The molecule has 0 radical (unpaired) electrons. The number of guanidine groups is 1. The SMILES string of the molecule is CN1CCCN=C1NCC(C)(C)CCC#N. The molecule has 16 heavy (non-hydrogen) atoms. The normalized spacial score (nSPS) is 16.6. The zero-order chi connectivity index (χ0) is 12.0. The highest BCUT2D eigenvalue weighted by molar-refractivity contribution is 5.80. The van der Waals surface area contributed by atoms with Crippen molar-refractivity contribution in [1.82, 2.24) is 10.2 Å². The van der Waals surface area contributed by atoms with Crippen molar-refractivity contribution in [3.8, 4) is 6.07 Å². The second-order valence-electron chi connectivity index (χ2n) is 5.16. The largest absolute Gasteiger partial charge is 0.356 e. The molecule has 1 aliphatic rings. The molecule has 1 heterocycles. The molecule has 1 N–H and O–H groups in total. The number of nitriles is 1. The standard InChI is InChI=1S/C12H22N4/c1-12(2,6-4-7-13)10-15-11-14-8-5-9-16(11)3/h4-6,8-10H2,1-3H3,(H,14,15). The summed E-state index contributed by atoms with van der Waals surface area (Å²) < 4.78 is 0. The van der Waals surface area contributed by atoms with Crippen LogP contribution >= 0.6 is 0 Å². The van der Waals surface area contributed by atoms with E-state index in [1.165, 1.54) is 0 Å². The molecule has 0 saturated heterocycles. The van der Waals surface area contributed by atoms with Gasteiger partial charge < -0.3 is 10.2 Å². The number of nitrogens with zero attached hydrogens (tertiary/aromatic N) is 3. The van der Waals surface area contributed by atoms with Crippen LogP contribution in [0.1, 0.15) is 33.1 Å². The van der Waals surface area contributed by atoms with Crippen LogP contribution in [0.25, 0.3) is 0 Å². The fourth-order valence-electron chi connectivity index (χ4n) is 1.71. The van der Waals surface area contributed by atoms with Gasteiger partial charge in [-0.15, -0.1) is 0 Å². The maximum Gasteiger partial charge on any atom is 0.193 e. The van der Waals surface area contributed by atoms with Crippen LogP contribution in [-0.2, 0) is 0 Å². The van der Waals surface area contributed by atoms with Crippen LogP contribution < -0.4 is 5.32 Å². The first-order valence-corrected chi connectivity index (χ1v) is 5.91. The van der Waals surface area contributed by atoms with Crippen LogP contribution in [0.5, 0.6) is 0 Å². The molecule has 0 aliphatic carbocycles. The van der Waals surface area contributed by atoms with Crippen molar-refractivity contribution in [2.75, 3.05) is 26.7 Å². The fourth-order valence-corrected chi connectivity index (χ4v) is 1.71. The molecule has 0 fully saturated rings. The Hall–Kier alpha value is -1.24. The highest BCUT2D eigenvalue weighted by atomic mass is 15.3. The molecule has 0 aromatic rings. The molecule has 0 amide bonds. The van der Waals surface area contributed by atoms with E-state index in [1.54, 1.807) is 0 Å². The van der Waals surface area contributed by atoms with Crippen LogP contribution in [0, 0.1) is 16.7 Å². The third-order valence-electron chi connectivity index (χ3n) is 2.91. The van der Waals surface area contributed by atoms with Gasteiger partial charge in [0.2, 0.25) is 0 Å². The van der Waals surface area contributed by atoms with E-state index in [2.05, 4.69) is 42.2 Å². The first-order valence-electron chi connectivity index (χ1n) is 5.91. The minimum atomic E-state index is 0.149. The van der Waals surface area contributed by atoms with Gasteiger partial charge in [0.05, 0.1) is 6.07 Å². The number of hydrogen-bond acceptors (Lipinski definition) is 4. The average molecular weight is 222 g/mol. The third kappa shape index (κ3) is 4.09. The Labute approximate surface area is 98.3 Å². The molecule has 4 nitrogen and oxygen atoms in total. The zero-order valence-electron chi connectivity index (χ0n) is 10.6. The summed E-state index contributed by atoms with van der Waals surface area (Å²) in [6.07, 6.45) is 2.68. The van der Waals surface area contributed by atoms with Gasteiger partial charge in [0.25, 0.3) is 0 Å². The van der Waals surface area contributed by atoms with E-state index in [0.717, 1.165) is 38.4 Å². The molecule has 0 atom stereocenters. The summed E-state index contributed by atoms with van der Waals surface area (Å²) in [6.45, 7) is 7.23. The number of hydrogen-bond donors (Lipinski definition) is 1. The number of aliphatic imine (C=N–C) groups is 1. The molecule has 0 saturated carbocycles. The zero-order valence-corrected chi connectivity index (χ0v) is 10.6. The van der Waals surface area contributed by atoms with Crippen molar-refractivity contribution >= 4 is 5.96 Å². The first-order chi connectivity index (χ1) is 7.55. The first kappa shape index (κ1) is 12.8. The summed E-state index contributed by atoms with van der Waals surface area (Å²) in [7, 11) is 2.06. The Balaban J connectivity index is 2.38. The maximum atomic E-state index is 8.59. The summed E-state index contributed by atoms with van der Waals surface area (Å²) in [6, 6.07) is 2.20. The summed E-state index contributed by atoms with van der Waals surface area (Å²) in [5.41, 5.74) is 0.149. The van der Waals surface area contributed by atoms with E-state index in [9.17, 15) is 0 Å². The number of rotatable bonds is 4. The minimum absolute atomic E-state index is 0.149. The van der Waals surface area contributed by atoms with Gasteiger partial charge in [-0.25, -0.2) is 0 Å². The van der Waals surface area contributed by atoms with Crippen LogP contribution in [0.4, 0.5) is 0 Å². The molecule has 0 aromatic carbocycles. The van der Waals surface area contributed by atoms with Crippen LogP contribution in [0.3, 0.4) is 0 Å². The summed E-state index contributed by atoms with van der Waals surface area (Å²) in [5.74, 6) is 0.997. The Kier molecular flexibility index (Phi) is 4.60. The van der Waals surface area contributed by atoms with Crippen molar-refractivity contribution in [3.63, 3.8) is 0 Å². The lowest BCUT2D eigenvalue weighted by Crippen LogP contribution is -2.45. The second kappa shape index (κ2) is 5.74. The smallest absolute Gasteiger partial charge is 0.193 e. The van der Waals surface area contributed by atoms with E-state index in [0.29, 0.717) is 6.42 Å². The van der Waals surface area contributed by atoms with Gasteiger partial charge in [-0.3, -0.25) is 4.99 Å². The predicted molar refractivity (Wildman–Crippen MR) is 66.2 cm³/mol. The highest BCUT2D eigenvalue weighted by Gasteiger charge is 2.19. The monoisotopic (exact) mass is 222 g/mol. The van der Waals surface area contributed by atoms with Crippen molar-refractivity contribution in [3.05, 3.63) is 0 Å². The van der Waals surface area contributed by atoms with E-state index in [1.807, 2.05) is 0 Å². The topological polar surface area (TPSA) is 51.4 Å². The van der Waals surface area contributed by atoms with Crippen molar-refractivity contribution in [2.24, 2.45) is 10.4 Å². The van der Waals surface area contributed by atoms with Gasteiger partial charge in [-0.2, -0.15) is 5.26 Å². The lowest BCUT2D eigenvalue weighted by Gasteiger charge is -2.30. The van der Waals surface area contributed by atoms with Gasteiger partial charge in [-0.05, 0) is 18.3 Å². The van der Waals surface area contributed by atoms with Gasteiger partial charge >= 0.3 is 0 Å². The molecular weight excluding hydrogens is 200 g/mol.